The van der Waals surface area contributed by atoms with Crippen molar-refractivity contribution in [2.45, 2.75) is 22.4 Å². The van der Waals surface area contributed by atoms with Gasteiger partial charge in [0.25, 0.3) is 15.7 Å². The van der Waals surface area contributed by atoms with Crippen molar-refractivity contribution in [1.82, 2.24) is 4.31 Å². The Morgan fingerprint density at radius 2 is 1.81 bits per heavy atom. The second kappa shape index (κ2) is 5.90. The fraction of sp³-hybridized carbons (Fsp3) is 0.235. The van der Waals surface area contributed by atoms with Crippen LogP contribution in [0.4, 0.5) is 13.6 Å². The molecular formula is C17H12BrF2NO5S. The molecule has 4 rings (SSSR count). The van der Waals surface area contributed by atoms with Crippen molar-refractivity contribution in [2.24, 2.45) is 0 Å². The molecule has 2 aliphatic heterocycles. The van der Waals surface area contributed by atoms with Crippen molar-refractivity contribution >= 4 is 32.0 Å². The number of hydrogen-bond acceptors (Lipinski definition) is 5. The molecule has 0 N–H and O–H groups in total. The van der Waals surface area contributed by atoms with Crippen molar-refractivity contribution in [1.29, 1.82) is 0 Å². The summed E-state index contributed by atoms with van der Waals surface area (Å²) in [5, 5.41) is 0. The lowest BCUT2D eigenvalue weighted by Crippen LogP contribution is -2.54. The molecule has 1 amide bonds. The number of rotatable bonds is 2. The summed E-state index contributed by atoms with van der Waals surface area (Å²) in [4.78, 5) is 11.2. The molecule has 0 aromatic heterocycles. The average Bonchev–Trinajstić information content (AvgIpc) is 3.07. The van der Waals surface area contributed by atoms with Gasteiger partial charge in [0.1, 0.15) is 10.6 Å². The Bertz CT molecular complexity index is 1060. The molecule has 142 valence electrons. The Morgan fingerprint density at radius 3 is 2.48 bits per heavy atom. The van der Waals surface area contributed by atoms with E-state index < -0.39 is 44.9 Å². The third kappa shape index (κ3) is 2.53. The van der Waals surface area contributed by atoms with Crippen LogP contribution in [0, 0.1) is 18.6 Å². The van der Waals surface area contributed by atoms with E-state index in [4.69, 9.17) is 9.47 Å². The number of fused-ring (bicyclic) bond motifs is 1. The molecule has 2 heterocycles. The highest BCUT2D eigenvalue weighted by Crippen LogP contribution is 2.53. The molecule has 2 aromatic rings. The topological polar surface area (TPSA) is 72.9 Å². The highest BCUT2D eigenvalue weighted by Gasteiger charge is 2.64. The maximum atomic E-state index is 13.7. The maximum Gasteiger partial charge on any atom is 0.427 e. The molecule has 0 aliphatic carbocycles. The van der Waals surface area contributed by atoms with E-state index in [9.17, 15) is 22.0 Å². The van der Waals surface area contributed by atoms with E-state index in [1.165, 1.54) is 12.1 Å². The number of amides is 1. The number of carbonyl (C=O) groups excluding carboxylic acids is 1. The molecule has 1 spiro atoms. The van der Waals surface area contributed by atoms with Crippen LogP contribution in [0.2, 0.25) is 0 Å². The van der Waals surface area contributed by atoms with Crippen LogP contribution in [0.5, 0.6) is 5.75 Å². The molecule has 1 saturated heterocycles. The van der Waals surface area contributed by atoms with E-state index >= 15 is 0 Å². The van der Waals surface area contributed by atoms with Crippen molar-refractivity contribution in [3.8, 4) is 5.75 Å². The van der Waals surface area contributed by atoms with Gasteiger partial charge in [0.15, 0.2) is 18.2 Å². The van der Waals surface area contributed by atoms with Crippen molar-refractivity contribution in [2.75, 3.05) is 6.61 Å². The lowest BCUT2D eigenvalue weighted by molar-refractivity contribution is 0.0191. The third-order valence-corrected chi connectivity index (χ3v) is 7.50. The number of sulfonamides is 1. The second-order valence-corrected chi connectivity index (χ2v) is 8.95. The van der Waals surface area contributed by atoms with Gasteiger partial charge in [-0.05, 0) is 25.1 Å². The van der Waals surface area contributed by atoms with Gasteiger partial charge < -0.3 is 9.47 Å². The SMILES string of the molecule is Cc1ccc(S(=O)(=O)N2C(=O)OC[C@@]23Oc2cc(F)c(F)cc2[C@@H]3Br)cc1. The Labute approximate surface area is 161 Å². The van der Waals surface area contributed by atoms with Crippen LogP contribution < -0.4 is 4.74 Å². The minimum Gasteiger partial charge on any atom is -0.461 e. The van der Waals surface area contributed by atoms with Crippen LogP contribution in [0.15, 0.2) is 41.3 Å². The van der Waals surface area contributed by atoms with E-state index in [-0.39, 0.29) is 16.2 Å². The van der Waals surface area contributed by atoms with E-state index in [2.05, 4.69) is 15.9 Å². The van der Waals surface area contributed by atoms with Crippen molar-refractivity contribution in [3.05, 3.63) is 59.2 Å². The smallest absolute Gasteiger partial charge is 0.427 e. The zero-order valence-corrected chi connectivity index (χ0v) is 16.2. The van der Waals surface area contributed by atoms with Gasteiger partial charge in [0, 0.05) is 11.6 Å². The molecule has 0 saturated carbocycles. The van der Waals surface area contributed by atoms with E-state index in [0.29, 0.717) is 4.31 Å². The fourth-order valence-corrected chi connectivity index (χ4v) is 5.58. The summed E-state index contributed by atoms with van der Waals surface area (Å²) in [5.41, 5.74) is -0.818. The summed E-state index contributed by atoms with van der Waals surface area (Å²) >= 11 is 3.27. The minimum atomic E-state index is -4.35. The molecule has 1 fully saturated rings. The normalized spacial score (nSPS) is 24.1. The zero-order chi connectivity index (χ0) is 19.6. The Balaban J connectivity index is 1.84. The van der Waals surface area contributed by atoms with Crippen LogP contribution in [0.1, 0.15) is 16.0 Å². The Kier molecular flexibility index (Phi) is 3.97. The van der Waals surface area contributed by atoms with Crippen molar-refractivity contribution in [3.63, 3.8) is 0 Å². The number of cyclic esters (lactones) is 1. The van der Waals surface area contributed by atoms with Gasteiger partial charge in [-0.2, -0.15) is 4.31 Å². The number of benzene rings is 2. The highest BCUT2D eigenvalue weighted by atomic mass is 79.9. The number of ether oxygens (including phenoxy) is 2. The Hall–Kier alpha value is -2.20. The first-order chi connectivity index (χ1) is 12.7. The predicted molar refractivity (Wildman–Crippen MR) is 92.9 cm³/mol. The van der Waals surface area contributed by atoms with Crippen LogP contribution in [-0.4, -0.2) is 31.1 Å². The van der Waals surface area contributed by atoms with Gasteiger partial charge in [0.2, 0.25) is 0 Å². The number of carbonyl (C=O) groups is 1. The minimum absolute atomic E-state index is 0.0711. The van der Waals surface area contributed by atoms with Crippen molar-refractivity contribution < 1.29 is 31.5 Å². The molecule has 2 aromatic carbocycles. The van der Waals surface area contributed by atoms with Gasteiger partial charge in [-0.1, -0.05) is 33.6 Å². The molecule has 2 atom stereocenters. The van der Waals surface area contributed by atoms with Gasteiger partial charge >= 0.3 is 6.09 Å². The lowest BCUT2D eigenvalue weighted by atomic mass is 10.1. The van der Waals surface area contributed by atoms with Crippen LogP contribution in [0.3, 0.4) is 0 Å². The highest BCUT2D eigenvalue weighted by molar-refractivity contribution is 9.09. The number of halogens is 3. The van der Waals surface area contributed by atoms with Crippen LogP contribution in [-0.2, 0) is 14.8 Å². The first kappa shape index (κ1) is 18.2. The molecular weight excluding hydrogens is 448 g/mol. The number of hydrogen-bond donors (Lipinski definition) is 0. The van der Waals surface area contributed by atoms with E-state index in [1.54, 1.807) is 19.1 Å². The standard InChI is InChI=1S/C17H12BrF2NO5S/c1-9-2-4-10(5-3-9)27(23,24)21-16(22)25-8-17(21)15(18)11-6-12(19)13(20)7-14(11)26-17/h2-7,15H,8H2,1H3/t15-,17-/m0/s1. The summed E-state index contributed by atoms with van der Waals surface area (Å²) in [5.74, 6) is -2.33. The summed E-state index contributed by atoms with van der Waals surface area (Å²) < 4.78 is 64.6. The predicted octanol–water partition coefficient (Wildman–Crippen LogP) is 3.64. The summed E-state index contributed by atoms with van der Waals surface area (Å²) in [7, 11) is -4.35. The summed E-state index contributed by atoms with van der Waals surface area (Å²) in [6.45, 7) is 1.35. The van der Waals surface area contributed by atoms with E-state index in [0.717, 1.165) is 17.7 Å². The van der Waals surface area contributed by atoms with E-state index in [1.807, 2.05) is 0 Å². The number of nitrogens with zero attached hydrogens (tertiary/aromatic N) is 1. The molecule has 0 bridgehead atoms. The molecule has 0 radical (unpaired) electrons. The fourth-order valence-electron chi connectivity index (χ4n) is 3.12. The lowest BCUT2D eigenvalue weighted by Gasteiger charge is -2.32. The Morgan fingerprint density at radius 1 is 1.19 bits per heavy atom. The quantitative estimate of drug-likeness (QED) is 0.641. The third-order valence-electron chi connectivity index (χ3n) is 4.48. The average molecular weight is 460 g/mol. The van der Waals surface area contributed by atoms with Crippen LogP contribution >= 0.6 is 15.9 Å². The van der Waals surface area contributed by atoms with Crippen LogP contribution in [0.25, 0.3) is 0 Å². The zero-order valence-electron chi connectivity index (χ0n) is 13.8. The molecule has 6 nitrogen and oxygen atoms in total. The first-order valence-corrected chi connectivity index (χ1v) is 10.1. The van der Waals surface area contributed by atoms with Gasteiger partial charge in [0.05, 0.1) is 4.90 Å². The number of aryl methyl sites for hydroxylation is 1. The van der Waals surface area contributed by atoms with Gasteiger partial charge in [-0.25, -0.2) is 22.0 Å². The summed E-state index contributed by atoms with van der Waals surface area (Å²) in [6, 6.07) is 7.60. The molecule has 0 unspecified atom stereocenters. The molecule has 27 heavy (non-hydrogen) atoms. The monoisotopic (exact) mass is 459 g/mol. The largest absolute Gasteiger partial charge is 0.461 e. The maximum absolute atomic E-state index is 13.7. The first-order valence-electron chi connectivity index (χ1n) is 7.78. The van der Waals surface area contributed by atoms with Gasteiger partial charge in [-0.3, -0.25) is 0 Å². The number of alkyl halides is 1. The summed E-state index contributed by atoms with van der Waals surface area (Å²) in [6.07, 6.45) is -1.13. The van der Waals surface area contributed by atoms with Gasteiger partial charge in [-0.15, -0.1) is 0 Å². The molecule has 2 aliphatic rings. The molecule has 10 heteroatoms. The second-order valence-electron chi connectivity index (χ2n) is 6.25.